The summed E-state index contributed by atoms with van der Waals surface area (Å²) in [7, 11) is 0. The third-order valence-electron chi connectivity index (χ3n) is 3.68. The van der Waals surface area contributed by atoms with E-state index in [-0.39, 0.29) is 5.41 Å². The van der Waals surface area contributed by atoms with Crippen LogP contribution in [-0.4, -0.2) is 11.6 Å². The van der Waals surface area contributed by atoms with Gasteiger partial charge in [0.2, 0.25) is 0 Å². The van der Waals surface area contributed by atoms with Crippen LogP contribution in [0.1, 0.15) is 39.2 Å². The summed E-state index contributed by atoms with van der Waals surface area (Å²) in [6.45, 7) is 7.58. The lowest BCUT2D eigenvalue weighted by Gasteiger charge is -2.23. The van der Waals surface area contributed by atoms with Gasteiger partial charge in [0.05, 0.1) is 17.0 Å². The number of hydrogen-bond donors (Lipinski definition) is 0. The van der Waals surface area contributed by atoms with Crippen molar-refractivity contribution in [2.24, 2.45) is 5.92 Å². The average Bonchev–Trinajstić information content (AvgIpc) is 3.07. The van der Waals surface area contributed by atoms with Gasteiger partial charge in [0.25, 0.3) is 0 Å². The van der Waals surface area contributed by atoms with E-state index in [4.69, 9.17) is 4.74 Å². The van der Waals surface area contributed by atoms with E-state index in [2.05, 4.69) is 44.0 Å². The molecule has 1 aromatic heterocycles. The average molecular weight is 287 g/mol. The molecule has 1 aromatic carbocycles. The summed E-state index contributed by atoms with van der Waals surface area (Å²) in [5.41, 5.74) is 4.48. The van der Waals surface area contributed by atoms with Crippen LogP contribution < -0.4 is 4.74 Å². The Morgan fingerprint density at radius 1 is 1.30 bits per heavy atom. The van der Waals surface area contributed by atoms with Gasteiger partial charge < -0.3 is 4.74 Å². The predicted octanol–water partition coefficient (Wildman–Crippen LogP) is 4.90. The summed E-state index contributed by atoms with van der Waals surface area (Å²) >= 11 is 1.68. The maximum absolute atomic E-state index is 6.05. The lowest BCUT2D eigenvalue weighted by atomic mass is 9.85. The molecular weight excluding hydrogens is 266 g/mol. The Morgan fingerprint density at radius 2 is 2.10 bits per heavy atom. The van der Waals surface area contributed by atoms with Crippen molar-refractivity contribution in [2.45, 2.75) is 39.0 Å². The Kier molecular flexibility index (Phi) is 3.55. The molecule has 3 heteroatoms. The molecular formula is C17H21NOS. The van der Waals surface area contributed by atoms with Crippen LogP contribution in [0.4, 0.5) is 0 Å². The molecule has 1 saturated carbocycles. The number of nitrogens with zero attached hydrogens (tertiary/aromatic N) is 1. The van der Waals surface area contributed by atoms with Gasteiger partial charge in [-0.1, -0.05) is 20.8 Å². The first-order valence-corrected chi connectivity index (χ1v) is 8.08. The third kappa shape index (κ3) is 3.04. The normalized spacial score (nSPS) is 15.3. The van der Waals surface area contributed by atoms with Crippen molar-refractivity contribution in [3.63, 3.8) is 0 Å². The van der Waals surface area contributed by atoms with Crippen molar-refractivity contribution >= 4 is 11.3 Å². The molecule has 2 aromatic rings. The van der Waals surface area contributed by atoms with Gasteiger partial charge in [-0.2, -0.15) is 0 Å². The van der Waals surface area contributed by atoms with Crippen LogP contribution in [0.2, 0.25) is 0 Å². The fraction of sp³-hybridized carbons (Fsp3) is 0.471. The largest absolute Gasteiger partial charge is 0.493 e. The maximum Gasteiger partial charge on any atom is 0.123 e. The van der Waals surface area contributed by atoms with E-state index < -0.39 is 0 Å². The SMILES string of the molecule is CC(C)(C)c1cc(-c2cncs2)ccc1OCC1CC1. The predicted molar refractivity (Wildman–Crippen MR) is 84.5 cm³/mol. The van der Waals surface area contributed by atoms with E-state index in [1.54, 1.807) is 11.3 Å². The number of ether oxygens (including phenoxy) is 1. The Balaban J connectivity index is 1.92. The molecule has 0 bridgehead atoms. The molecule has 1 heterocycles. The molecule has 0 amide bonds. The highest BCUT2D eigenvalue weighted by Gasteiger charge is 2.24. The van der Waals surface area contributed by atoms with Crippen molar-refractivity contribution in [1.29, 1.82) is 0 Å². The third-order valence-corrected chi connectivity index (χ3v) is 4.50. The maximum atomic E-state index is 6.05. The van der Waals surface area contributed by atoms with Gasteiger partial charge in [0.15, 0.2) is 0 Å². The molecule has 0 spiro atoms. The molecule has 20 heavy (non-hydrogen) atoms. The summed E-state index contributed by atoms with van der Waals surface area (Å²) in [5.74, 6) is 1.82. The van der Waals surface area contributed by atoms with Crippen LogP contribution in [0, 0.1) is 5.92 Å². The molecule has 106 valence electrons. The van der Waals surface area contributed by atoms with Crippen molar-refractivity contribution in [3.8, 4) is 16.2 Å². The van der Waals surface area contributed by atoms with Gasteiger partial charge in [-0.25, -0.2) is 0 Å². The van der Waals surface area contributed by atoms with E-state index in [1.165, 1.54) is 28.8 Å². The van der Waals surface area contributed by atoms with E-state index >= 15 is 0 Å². The number of hydrogen-bond acceptors (Lipinski definition) is 3. The summed E-state index contributed by atoms with van der Waals surface area (Å²) in [5, 5.41) is 0. The van der Waals surface area contributed by atoms with Crippen LogP contribution in [0.5, 0.6) is 5.75 Å². The van der Waals surface area contributed by atoms with Crippen LogP contribution in [0.25, 0.3) is 10.4 Å². The zero-order valence-corrected chi connectivity index (χ0v) is 13.2. The Hall–Kier alpha value is -1.35. The van der Waals surface area contributed by atoms with Crippen LogP contribution >= 0.6 is 11.3 Å². The molecule has 1 fully saturated rings. The van der Waals surface area contributed by atoms with Crippen molar-refractivity contribution in [1.82, 2.24) is 4.98 Å². The first-order chi connectivity index (χ1) is 9.54. The number of benzene rings is 1. The lowest BCUT2D eigenvalue weighted by Crippen LogP contribution is -2.14. The molecule has 1 aliphatic carbocycles. The molecule has 0 N–H and O–H groups in total. The van der Waals surface area contributed by atoms with Crippen LogP contribution in [0.3, 0.4) is 0 Å². The lowest BCUT2D eigenvalue weighted by molar-refractivity contribution is 0.292. The summed E-state index contributed by atoms with van der Waals surface area (Å²) in [4.78, 5) is 5.38. The molecule has 0 atom stereocenters. The van der Waals surface area contributed by atoms with Gasteiger partial charge in [-0.05, 0) is 47.9 Å². The summed E-state index contributed by atoms with van der Waals surface area (Å²) in [6, 6.07) is 6.53. The molecule has 0 unspecified atom stereocenters. The topological polar surface area (TPSA) is 22.1 Å². The van der Waals surface area contributed by atoms with E-state index in [9.17, 15) is 0 Å². The molecule has 0 radical (unpaired) electrons. The smallest absolute Gasteiger partial charge is 0.123 e. The number of rotatable bonds is 4. The van der Waals surface area contributed by atoms with Crippen LogP contribution in [0.15, 0.2) is 29.9 Å². The number of thiazole rings is 1. The van der Waals surface area contributed by atoms with E-state index in [1.807, 2.05) is 11.7 Å². The second-order valence-corrected chi connectivity index (χ2v) is 7.47. The second-order valence-electron chi connectivity index (χ2n) is 6.58. The standard InChI is InChI=1S/C17H21NOS/c1-17(2,3)14-8-13(16-9-18-11-20-16)6-7-15(14)19-10-12-4-5-12/h6-9,11-12H,4-5,10H2,1-3H3. The van der Waals surface area contributed by atoms with Crippen molar-refractivity contribution in [2.75, 3.05) is 6.61 Å². The minimum absolute atomic E-state index is 0.0829. The minimum atomic E-state index is 0.0829. The fourth-order valence-corrected chi connectivity index (χ4v) is 2.87. The molecule has 0 saturated heterocycles. The van der Waals surface area contributed by atoms with Gasteiger partial charge in [0.1, 0.15) is 5.75 Å². The molecule has 0 aliphatic heterocycles. The first-order valence-electron chi connectivity index (χ1n) is 7.20. The molecule has 1 aliphatic rings. The van der Waals surface area contributed by atoms with Gasteiger partial charge in [0, 0.05) is 11.8 Å². The zero-order valence-electron chi connectivity index (χ0n) is 12.3. The highest BCUT2D eigenvalue weighted by Crippen LogP contribution is 2.37. The Bertz CT molecular complexity index is 580. The Morgan fingerprint density at radius 3 is 2.70 bits per heavy atom. The van der Waals surface area contributed by atoms with Crippen LogP contribution in [-0.2, 0) is 5.41 Å². The monoisotopic (exact) mass is 287 g/mol. The second kappa shape index (κ2) is 5.21. The highest BCUT2D eigenvalue weighted by molar-refractivity contribution is 7.13. The molecule has 3 rings (SSSR count). The zero-order chi connectivity index (χ0) is 14.2. The minimum Gasteiger partial charge on any atom is -0.493 e. The van der Waals surface area contributed by atoms with E-state index in [0.717, 1.165) is 18.3 Å². The van der Waals surface area contributed by atoms with Crippen molar-refractivity contribution < 1.29 is 4.74 Å². The fourth-order valence-electron chi connectivity index (χ4n) is 2.25. The van der Waals surface area contributed by atoms with Crippen molar-refractivity contribution in [3.05, 3.63) is 35.5 Å². The number of aromatic nitrogens is 1. The summed E-state index contributed by atoms with van der Waals surface area (Å²) < 4.78 is 6.05. The molecule has 2 nitrogen and oxygen atoms in total. The Labute approximate surface area is 124 Å². The van der Waals surface area contributed by atoms with E-state index in [0.29, 0.717) is 0 Å². The van der Waals surface area contributed by atoms with Gasteiger partial charge in [-0.15, -0.1) is 11.3 Å². The first kappa shape index (κ1) is 13.6. The highest BCUT2D eigenvalue weighted by atomic mass is 32.1. The van der Waals surface area contributed by atoms with Gasteiger partial charge >= 0.3 is 0 Å². The quantitative estimate of drug-likeness (QED) is 0.798. The summed E-state index contributed by atoms with van der Waals surface area (Å²) in [6.07, 6.45) is 4.57. The van der Waals surface area contributed by atoms with Gasteiger partial charge in [-0.3, -0.25) is 4.98 Å².